The summed E-state index contributed by atoms with van der Waals surface area (Å²) < 4.78 is 10.5. The molecule has 1 atom stereocenters. The number of para-hydroxylation sites is 1. The standard InChI is InChI=1S/C16H19NO4/c1-20-16(19)11-6-8-17(9-7-11)15(18)14-10-12-4-2-3-5-13(12)21-14/h2-5,11,14H,6-10H2,1H3/t14-/m0/s1. The first-order chi connectivity index (χ1) is 10.2. The Morgan fingerprint density at radius 2 is 1.95 bits per heavy atom. The number of nitrogens with zero attached hydrogens (tertiary/aromatic N) is 1. The molecule has 21 heavy (non-hydrogen) atoms. The summed E-state index contributed by atoms with van der Waals surface area (Å²) >= 11 is 0. The van der Waals surface area contributed by atoms with E-state index in [0.717, 1.165) is 11.3 Å². The first kappa shape index (κ1) is 13.9. The van der Waals surface area contributed by atoms with Gasteiger partial charge in [-0.05, 0) is 24.5 Å². The zero-order valence-corrected chi connectivity index (χ0v) is 12.1. The molecule has 0 aliphatic carbocycles. The molecule has 0 unspecified atom stereocenters. The molecule has 1 amide bonds. The number of benzene rings is 1. The van der Waals surface area contributed by atoms with Crippen LogP contribution in [0.3, 0.4) is 0 Å². The molecule has 0 spiro atoms. The molecular weight excluding hydrogens is 270 g/mol. The quantitative estimate of drug-likeness (QED) is 0.772. The Hall–Kier alpha value is -2.04. The van der Waals surface area contributed by atoms with Crippen LogP contribution in [0.5, 0.6) is 5.75 Å². The van der Waals surface area contributed by atoms with Crippen LogP contribution in [-0.2, 0) is 20.7 Å². The lowest BCUT2D eigenvalue weighted by molar-refractivity contribution is -0.150. The fourth-order valence-corrected chi connectivity index (χ4v) is 3.03. The van der Waals surface area contributed by atoms with E-state index in [0.29, 0.717) is 32.4 Å². The van der Waals surface area contributed by atoms with Crippen LogP contribution in [0.1, 0.15) is 18.4 Å². The van der Waals surface area contributed by atoms with Gasteiger partial charge in [0.1, 0.15) is 5.75 Å². The van der Waals surface area contributed by atoms with E-state index in [4.69, 9.17) is 9.47 Å². The van der Waals surface area contributed by atoms with Crippen LogP contribution in [0.15, 0.2) is 24.3 Å². The molecule has 5 nitrogen and oxygen atoms in total. The van der Waals surface area contributed by atoms with Crippen molar-refractivity contribution >= 4 is 11.9 Å². The van der Waals surface area contributed by atoms with Gasteiger partial charge in [-0.2, -0.15) is 0 Å². The van der Waals surface area contributed by atoms with Crippen LogP contribution in [-0.4, -0.2) is 43.1 Å². The summed E-state index contributed by atoms with van der Waals surface area (Å²) in [6.07, 6.45) is 1.54. The third-order valence-corrected chi connectivity index (χ3v) is 4.26. The van der Waals surface area contributed by atoms with Crippen LogP contribution >= 0.6 is 0 Å². The molecule has 0 saturated carbocycles. The van der Waals surface area contributed by atoms with Gasteiger partial charge < -0.3 is 14.4 Å². The minimum Gasteiger partial charge on any atom is -0.480 e. The summed E-state index contributed by atoms with van der Waals surface area (Å²) in [5.41, 5.74) is 1.08. The highest BCUT2D eigenvalue weighted by atomic mass is 16.5. The number of esters is 1. The van der Waals surface area contributed by atoms with Gasteiger partial charge in [0.25, 0.3) is 5.91 Å². The number of hydrogen-bond acceptors (Lipinski definition) is 4. The van der Waals surface area contributed by atoms with Crippen molar-refractivity contribution < 1.29 is 19.1 Å². The first-order valence-corrected chi connectivity index (χ1v) is 7.30. The second kappa shape index (κ2) is 5.76. The number of fused-ring (bicyclic) bond motifs is 1. The lowest BCUT2D eigenvalue weighted by Gasteiger charge is -2.32. The van der Waals surface area contributed by atoms with Crippen molar-refractivity contribution in [1.82, 2.24) is 4.90 Å². The number of ether oxygens (including phenoxy) is 2. The molecule has 0 aromatic heterocycles. The molecule has 1 fully saturated rings. The maximum atomic E-state index is 12.5. The summed E-state index contributed by atoms with van der Waals surface area (Å²) in [6, 6.07) is 7.75. The van der Waals surface area contributed by atoms with Crippen LogP contribution in [0, 0.1) is 5.92 Å². The smallest absolute Gasteiger partial charge is 0.308 e. The molecule has 1 aromatic carbocycles. The van der Waals surface area contributed by atoms with E-state index in [-0.39, 0.29) is 17.8 Å². The fourth-order valence-electron chi connectivity index (χ4n) is 3.03. The van der Waals surface area contributed by atoms with Crippen molar-refractivity contribution in [3.05, 3.63) is 29.8 Å². The third kappa shape index (κ3) is 2.73. The molecule has 1 aromatic rings. The molecule has 0 bridgehead atoms. The van der Waals surface area contributed by atoms with E-state index in [2.05, 4.69) is 0 Å². The Morgan fingerprint density at radius 1 is 1.24 bits per heavy atom. The topological polar surface area (TPSA) is 55.8 Å². The molecule has 0 N–H and O–H groups in total. The fraction of sp³-hybridized carbons (Fsp3) is 0.500. The maximum absolute atomic E-state index is 12.5. The highest BCUT2D eigenvalue weighted by molar-refractivity contribution is 5.83. The minimum absolute atomic E-state index is 0.0227. The van der Waals surface area contributed by atoms with Gasteiger partial charge in [0.05, 0.1) is 13.0 Å². The van der Waals surface area contributed by atoms with Crippen LogP contribution in [0.2, 0.25) is 0 Å². The summed E-state index contributed by atoms with van der Waals surface area (Å²) in [5.74, 6) is 0.571. The molecule has 112 valence electrons. The number of carbonyl (C=O) groups excluding carboxylic acids is 2. The lowest BCUT2D eigenvalue weighted by Crippen LogP contribution is -2.46. The molecule has 0 radical (unpaired) electrons. The number of piperidine rings is 1. The van der Waals surface area contributed by atoms with Crippen molar-refractivity contribution in [2.45, 2.75) is 25.4 Å². The van der Waals surface area contributed by atoms with E-state index in [9.17, 15) is 9.59 Å². The van der Waals surface area contributed by atoms with Gasteiger partial charge in [-0.25, -0.2) is 0 Å². The second-order valence-corrected chi connectivity index (χ2v) is 5.54. The number of carbonyl (C=O) groups is 2. The Morgan fingerprint density at radius 3 is 2.62 bits per heavy atom. The maximum Gasteiger partial charge on any atom is 0.308 e. The van der Waals surface area contributed by atoms with Gasteiger partial charge in [-0.3, -0.25) is 9.59 Å². The summed E-state index contributed by atoms with van der Waals surface area (Å²) in [7, 11) is 1.41. The predicted molar refractivity (Wildman–Crippen MR) is 75.9 cm³/mol. The summed E-state index contributed by atoms with van der Waals surface area (Å²) in [4.78, 5) is 25.8. The van der Waals surface area contributed by atoms with E-state index in [1.165, 1.54) is 7.11 Å². The molecule has 2 aliphatic heterocycles. The number of methoxy groups -OCH3 is 1. The van der Waals surface area contributed by atoms with Gasteiger partial charge >= 0.3 is 5.97 Å². The number of hydrogen-bond donors (Lipinski definition) is 0. The zero-order valence-electron chi connectivity index (χ0n) is 12.1. The van der Waals surface area contributed by atoms with Gasteiger partial charge in [-0.1, -0.05) is 18.2 Å². The third-order valence-electron chi connectivity index (χ3n) is 4.26. The zero-order chi connectivity index (χ0) is 14.8. The van der Waals surface area contributed by atoms with Crippen LogP contribution < -0.4 is 4.74 Å². The number of rotatable bonds is 2. The molecule has 2 heterocycles. The Bertz CT molecular complexity index is 524. The van der Waals surface area contributed by atoms with E-state index < -0.39 is 6.10 Å². The summed E-state index contributed by atoms with van der Waals surface area (Å²) in [6.45, 7) is 1.18. The van der Waals surface area contributed by atoms with Crippen molar-refractivity contribution in [2.75, 3.05) is 20.2 Å². The SMILES string of the molecule is COC(=O)C1CCN(C(=O)[C@@H]2Cc3ccccc3O2)CC1. The largest absolute Gasteiger partial charge is 0.480 e. The first-order valence-electron chi connectivity index (χ1n) is 7.30. The number of likely N-dealkylation sites (tertiary alicyclic amines) is 1. The number of amides is 1. The van der Waals surface area contributed by atoms with Gasteiger partial charge in [0.2, 0.25) is 0 Å². The van der Waals surface area contributed by atoms with Crippen molar-refractivity contribution in [2.24, 2.45) is 5.92 Å². The van der Waals surface area contributed by atoms with E-state index >= 15 is 0 Å². The average Bonchev–Trinajstić information content (AvgIpc) is 2.97. The Kier molecular flexibility index (Phi) is 3.82. The van der Waals surface area contributed by atoms with Crippen molar-refractivity contribution in [1.29, 1.82) is 0 Å². The highest BCUT2D eigenvalue weighted by Gasteiger charge is 2.35. The Labute approximate surface area is 123 Å². The molecule has 2 aliphatic rings. The minimum atomic E-state index is -0.419. The van der Waals surface area contributed by atoms with E-state index in [1.54, 1.807) is 4.90 Å². The monoisotopic (exact) mass is 289 g/mol. The van der Waals surface area contributed by atoms with E-state index in [1.807, 2.05) is 24.3 Å². The summed E-state index contributed by atoms with van der Waals surface area (Å²) in [5, 5.41) is 0. The second-order valence-electron chi connectivity index (χ2n) is 5.54. The lowest BCUT2D eigenvalue weighted by atomic mass is 9.96. The Balaban J connectivity index is 1.57. The normalized spacial score (nSPS) is 21.6. The van der Waals surface area contributed by atoms with Gasteiger partial charge in [0.15, 0.2) is 6.10 Å². The molecular formula is C16H19NO4. The van der Waals surface area contributed by atoms with Crippen LogP contribution in [0.25, 0.3) is 0 Å². The molecule has 5 heteroatoms. The molecule has 3 rings (SSSR count). The van der Waals surface area contributed by atoms with Crippen molar-refractivity contribution in [3.63, 3.8) is 0 Å². The van der Waals surface area contributed by atoms with Crippen LogP contribution in [0.4, 0.5) is 0 Å². The van der Waals surface area contributed by atoms with Gasteiger partial charge in [0, 0.05) is 19.5 Å². The highest BCUT2D eigenvalue weighted by Crippen LogP contribution is 2.29. The average molecular weight is 289 g/mol. The van der Waals surface area contributed by atoms with Gasteiger partial charge in [-0.15, -0.1) is 0 Å². The van der Waals surface area contributed by atoms with Crippen molar-refractivity contribution in [3.8, 4) is 5.75 Å². The predicted octanol–water partition coefficient (Wildman–Crippen LogP) is 1.40. The molecule has 1 saturated heterocycles.